The fourth-order valence-electron chi connectivity index (χ4n) is 1.48. The Labute approximate surface area is 150 Å². The highest BCUT2D eigenvalue weighted by molar-refractivity contribution is 9.10. The van der Waals surface area contributed by atoms with Crippen molar-refractivity contribution in [1.82, 2.24) is 9.97 Å². The number of nitrogens with zero attached hydrogens (tertiary/aromatic N) is 2. The molecule has 0 saturated heterocycles. The zero-order chi connectivity index (χ0) is 18.3. The van der Waals surface area contributed by atoms with E-state index in [0.29, 0.717) is 10.6 Å². The Morgan fingerprint density at radius 3 is 2.04 bits per heavy atom. The number of ketones is 1. The van der Waals surface area contributed by atoms with Gasteiger partial charge in [-0.2, -0.15) is 0 Å². The van der Waals surface area contributed by atoms with Crippen LogP contribution >= 0.6 is 15.9 Å². The van der Waals surface area contributed by atoms with E-state index < -0.39 is 16.8 Å². The first-order chi connectivity index (χ1) is 11.2. The monoisotopic (exact) mass is 412 g/mol. The van der Waals surface area contributed by atoms with E-state index in [0.717, 1.165) is 4.47 Å². The van der Waals surface area contributed by atoms with Gasteiger partial charge in [-0.05, 0) is 40.2 Å². The molecule has 128 valence electrons. The molecule has 0 radical (unpaired) electrons. The van der Waals surface area contributed by atoms with Crippen LogP contribution in [-0.4, -0.2) is 36.3 Å². The molecule has 2 aromatic heterocycles. The zero-order valence-electron chi connectivity index (χ0n) is 13.4. The van der Waals surface area contributed by atoms with Crippen molar-refractivity contribution in [3.05, 3.63) is 52.5 Å². The Kier molecular flexibility index (Phi) is 7.87. The third-order valence-corrected chi connectivity index (χ3v) is 4.74. The Morgan fingerprint density at radius 1 is 1.08 bits per heavy atom. The lowest BCUT2D eigenvalue weighted by atomic mass is 10.3. The summed E-state index contributed by atoms with van der Waals surface area (Å²) >= 11 is 3.22. The largest absolute Gasteiger partial charge is 0.477 e. The third kappa shape index (κ3) is 6.29. The van der Waals surface area contributed by atoms with Gasteiger partial charge in [0.1, 0.15) is 11.4 Å². The molecule has 1 N–H and O–H groups in total. The molecule has 0 aliphatic heterocycles. The summed E-state index contributed by atoms with van der Waals surface area (Å²) in [6.07, 6.45) is 2.95. The predicted octanol–water partition coefficient (Wildman–Crippen LogP) is 3.34. The molecule has 8 heteroatoms. The summed E-state index contributed by atoms with van der Waals surface area (Å²) in [5.74, 6) is -1.08. The van der Waals surface area contributed by atoms with Gasteiger partial charge < -0.3 is 5.11 Å². The molecule has 0 fully saturated rings. The molecular weight excluding hydrogens is 396 g/mol. The van der Waals surface area contributed by atoms with Crippen LogP contribution in [0.4, 0.5) is 0 Å². The van der Waals surface area contributed by atoms with E-state index in [1.165, 1.54) is 25.3 Å². The number of rotatable bonds is 4. The van der Waals surface area contributed by atoms with Crippen molar-refractivity contribution in [2.45, 2.75) is 30.9 Å². The molecule has 2 heterocycles. The minimum absolute atomic E-state index is 0.00692. The molecule has 0 aliphatic carbocycles. The smallest absolute Gasteiger partial charge is 0.354 e. The number of pyridine rings is 2. The maximum atomic E-state index is 11.5. The van der Waals surface area contributed by atoms with Gasteiger partial charge in [0.15, 0.2) is 5.78 Å². The molecule has 0 spiro atoms. The first kappa shape index (κ1) is 20.1. The lowest BCUT2D eigenvalue weighted by molar-refractivity contribution is 0.0690. The Bertz CT molecular complexity index is 731. The standard InChI is InChI=1S/C9H11NO3S.C7H6BrNO/c1-6(2)14(13)7-3-4-8(9(11)12)10-5-7;1-5(10)7-3-2-6(8)4-9-7/h3-6H,1-2H3,(H,11,12);2-4H,1H3. The quantitative estimate of drug-likeness (QED) is 0.773. The molecule has 2 rings (SSSR count). The lowest BCUT2D eigenvalue weighted by Gasteiger charge is -2.04. The van der Waals surface area contributed by atoms with Gasteiger partial charge in [-0.3, -0.25) is 14.0 Å². The van der Waals surface area contributed by atoms with Crippen LogP contribution in [0.5, 0.6) is 0 Å². The van der Waals surface area contributed by atoms with Crippen molar-refractivity contribution in [3.8, 4) is 0 Å². The summed E-state index contributed by atoms with van der Waals surface area (Å²) in [5, 5.41) is 8.59. The van der Waals surface area contributed by atoms with Gasteiger partial charge in [0.2, 0.25) is 0 Å². The summed E-state index contributed by atoms with van der Waals surface area (Å²) in [6, 6.07) is 6.38. The number of Topliss-reactive ketones (excluding diaryl/α,β-unsaturated/α-hetero) is 1. The molecule has 0 amide bonds. The van der Waals surface area contributed by atoms with E-state index in [4.69, 9.17) is 5.11 Å². The van der Waals surface area contributed by atoms with Gasteiger partial charge in [-0.1, -0.05) is 13.8 Å². The van der Waals surface area contributed by atoms with E-state index in [1.807, 2.05) is 13.8 Å². The fraction of sp³-hybridized carbons (Fsp3) is 0.250. The molecule has 0 bridgehead atoms. The molecule has 1 atom stereocenters. The van der Waals surface area contributed by atoms with Crippen LogP contribution < -0.4 is 0 Å². The maximum Gasteiger partial charge on any atom is 0.354 e. The number of hydrogen-bond donors (Lipinski definition) is 1. The normalized spacial score (nSPS) is 11.4. The number of carboxylic acid groups (broad SMARTS) is 1. The number of halogens is 1. The van der Waals surface area contributed by atoms with Crippen LogP contribution in [-0.2, 0) is 10.8 Å². The molecular formula is C16H17BrN2O4S. The zero-order valence-corrected chi connectivity index (χ0v) is 15.8. The fourth-order valence-corrected chi connectivity index (χ4v) is 2.62. The molecule has 2 aromatic rings. The van der Waals surface area contributed by atoms with E-state index >= 15 is 0 Å². The molecule has 0 saturated carbocycles. The second-order valence-corrected chi connectivity index (χ2v) is 7.87. The molecule has 0 aliphatic rings. The Hall–Kier alpha value is -1.93. The van der Waals surface area contributed by atoms with Crippen LogP contribution in [0.3, 0.4) is 0 Å². The number of carboxylic acids is 1. The number of hydrogen-bond acceptors (Lipinski definition) is 5. The first-order valence-corrected chi connectivity index (χ1v) is 8.95. The summed E-state index contributed by atoms with van der Waals surface area (Å²) in [4.78, 5) is 29.3. The predicted molar refractivity (Wildman–Crippen MR) is 94.7 cm³/mol. The number of carbonyl (C=O) groups excluding carboxylic acids is 1. The van der Waals surface area contributed by atoms with Crippen molar-refractivity contribution in [3.63, 3.8) is 0 Å². The highest BCUT2D eigenvalue weighted by atomic mass is 79.9. The van der Waals surface area contributed by atoms with Gasteiger partial charge in [-0.25, -0.2) is 9.78 Å². The first-order valence-electron chi connectivity index (χ1n) is 6.94. The van der Waals surface area contributed by atoms with Crippen LogP contribution in [0.15, 0.2) is 46.0 Å². The van der Waals surface area contributed by atoms with Gasteiger partial charge in [0, 0.05) is 29.0 Å². The summed E-state index contributed by atoms with van der Waals surface area (Å²) < 4.78 is 12.4. The van der Waals surface area contributed by atoms with Crippen molar-refractivity contribution in [2.24, 2.45) is 0 Å². The third-order valence-electron chi connectivity index (χ3n) is 2.70. The highest BCUT2D eigenvalue weighted by Crippen LogP contribution is 2.10. The van der Waals surface area contributed by atoms with E-state index in [2.05, 4.69) is 25.9 Å². The van der Waals surface area contributed by atoms with Gasteiger partial charge in [0.05, 0.1) is 15.7 Å². The highest BCUT2D eigenvalue weighted by Gasteiger charge is 2.10. The molecule has 0 aromatic carbocycles. The number of aromatic carboxylic acids is 1. The lowest BCUT2D eigenvalue weighted by Crippen LogP contribution is -2.07. The van der Waals surface area contributed by atoms with E-state index in [-0.39, 0.29) is 16.7 Å². The van der Waals surface area contributed by atoms with Crippen molar-refractivity contribution < 1.29 is 18.9 Å². The summed E-state index contributed by atoms with van der Waals surface area (Å²) in [6.45, 7) is 5.17. The Morgan fingerprint density at radius 2 is 1.67 bits per heavy atom. The average Bonchev–Trinajstić information content (AvgIpc) is 2.55. The SMILES string of the molecule is CC(=O)c1ccc(Br)cn1.CC(C)S(=O)c1ccc(C(=O)O)nc1. The molecule has 1 unspecified atom stereocenters. The summed E-state index contributed by atoms with van der Waals surface area (Å²) in [7, 11) is -1.11. The Balaban J connectivity index is 0.000000254. The second kappa shape index (κ2) is 9.39. The summed E-state index contributed by atoms with van der Waals surface area (Å²) in [5.41, 5.74) is 0.470. The average molecular weight is 413 g/mol. The van der Waals surface area contributed by atoms with Crippen LogP contribution in [0.1, 0.15) is 41.7 Å². The maximum absolute atomic E-state index is 11.5. The van der Waals surface area contributed by atoms with Crippen LogP contribution in [0.2, 0.25) is 0 Å². The van der Waals surface area contributed by atoms with Crippen molar-refractivity contribution in [1.29, 1.82) is 0 Å². The van der Waals surface area contributed by atoms with E-state index in [9.17, 15) is 13.8 Å². The van der Waals surface area contributed by atoms with Gasteiger partial charge in [0.25, 0.3) is 0 Å². The van der Waals surface area contributed by atoms with E-state index in [1.54, 1.807) is 18.3 Å². The van der Waals surface area contributed by atoms with Crippen LogP contribution in [0, 0.1) is 0 Å². The minimum atomic E-state index is -1.11. The van der Waals surface area contributed by atoms with Crippen molar-refractivity contribution in [2.75, 3.05) is 0 Å². The number of aromatic nitrogens is 2. The van der Waals surface area contributed by atoms with Gasteiger partial charge in [-0.15, -0.1) is 0 Å². The molecule has 24 heavy (non-hydrogen) atoms. The topological polar surface area (TPSA) is 97.2 Å². The minimum Gasteiger partial charge on any atom is -0.477 e. The molecule has 6 nitrogen and oxygen atoms in total. The van der Waals surface area contributed by atoms with Crippen LogP contribution in [0.25, 0.3) is 0 Å². The number of carbonyl (C=O) groups is 2. The van der Waals surface area contributed by atoms with Crippen molar-refractivity contribution >= 4 is 38.5 Å². The second-order valence-electron chi connectivity index (χ2n) is 4.95. The van der Waals surface area contributed by atoms with Gasteiger partial charge >= 0.3 is 5.97 Å².